The van der Waals surface area contributed by atoms with E-state index in [9.17, 15) is 13.6 Å². The molecule has 1 N–H and O–H groups in total. The first-order chi connectivity index (χ1) is 13.5. The van der Waals surface area contributed by atoms with Gasteiger partial charge in [-0.25, -0.2) is 8.78 Å². The summed E-state index contributed by atoms with van der Waals surface area (Å²) in [5, 5.41) is 0.246. The third-order valence-corrected chi connectivity index (χ3v) is 4.62. The Morgan fingerprint density at radius 1 is 1.14 bits per heavy atom. The second kappa shape index (κ2) is 8.61. The first-order valence-electron chi connectivity index (χ1n) is 8.39. The van der Waals surface area contributed by atoms with E-state index in [1.54, 1.807) is 24.5 Å². The minimum atomic E-state index is -0.756. The van der Waals surface area contributed by atoms with Crippen LogP contribution < -0.4 is 5.56 Å². The normalized spacial score (nSPS) is 11.1. The Labute approximate surface area is 166 Å². The molecule has 0 spiro atoms. The van der Waals surface area contributed by atoms with Gasteiger partial charge in [0.25, 0.3) is 5.56 Å². The van der Waals surface area contributed by atoms with Gasteiger partial charge in [-0.1, -0.05) is 23.4 Å². The molecule has 1 unspecified atom stereocenters. The van der Waals surface area contributed by atoms with E-state index < -0.39 is 17.6 Å². The molecule has 0 radical (unpaired) electrons. The zero-order valence-corrected chi connectivity index (χ0v) is 15.6. The van der Waals surface area contributed by atoms with Crippen molar-refractivity contribution < 1.29 is 8.78 Å². The second-order valence-electron chi connectivity index (χ2n) is 6.05. The number of nitrogens with zero attached hydrogens (tertiary/aromatic N) is 1. The minimum absolute atomic E-state index is 0.0623. The van der Waals surface area contributed by atoms with Crippen molar-refractivity contribution in [1.29, 1.82) is 0 Å². The van der Waals surface area contributed by atoms with Crippen LogP contribution in [-0.2, 0) is 7.05 Å². The van der Waals surface area contributed by atoms with E-state index in [-0.39, 0.29) is 28.3 Å². The highest BCUT2D eigenvalue weighted by molar-refractivity contribution is 6.29. The lowest BCUT2D eigenvalue weighted by molar-refractivity contribution is 0.574. The standard InChI is InChI=1S/C22H15ClF2N2O/c1-27-21(23)10-8-18(22(27)28)17(19-13-16(24)7-9-20(19)25)6-4-2-3-5-15-11-12-26-14-15/h7-14,17,26H,6H2,1H3. The fraction of sp³-hybridized carbons (Fsp3) is 0.136. The van der Waals surface area contributed by atoms with Gasteiger partial charge in [-0.3, -0.25) is 4.79 Å². The van der Waals surface area contributed by atoms with Crippen LogP contribution >= 0.6 is 11.6 Å². The van der Waals surface area contributed by atoms with Gasteiger partial charge in [-0.2, -0.15) is 0 Å². The highest BCUT2D eigenvalue weighted by Gasteiger charge is 2.22. The maximum atomic E-state index is 14.4. The van der Waals surface area contributed by atoms with E-state index in [1.807, 2.05) is 0 Å². The second-order valence-corrected chi connectivity index (χ2v) is 6.44. The van der Waals surface area contributed by atoms with Crippen molar-refractivity contribution in [1.82, 2.24) is 9.55 Å². The van der Waals surface area contributed by atoms with Crippen LogP contribution in [-0.4, -0.2) is 9.55 Å². The van der Waals surface area contributed by atoms with Gasteiger partial charge in [0.1, 0.15) is 16.8 Å². The summed E-state index contributed by atoms with van der Waals surface area (Å²) in [6.45, 7) is 0. The van der Waals surface area contributed by atoms with E-state index in [0.29, 0.717) is 0 Å². The molecular formula is C22H15ClF2N2O. The number of H-pyrrole nitrogens is 1. The van der Waals surface area contributed by atoms with Gasteiger partial charge in [0.05, 0.1) is 0 Å². The summed E-state index contributed by atoms with van der Waals surface area (Å²) >= 11 is 5.97. The lowest BCUT2D eigenvalue weighted by Gasteiger charge is -2.17. The maximum absolute atomic E-state index is 14.4. The van der Waals surface area contributed by atoms with Crippen LogP contribution in [0.5, 0.6) is 0 Å². The van der Waals surface area contributed by atoms with Crippen LogP contribution in [0.15, 0.2) is 53.6 Å². The predicted octanol–water partition coefficient (Wildman–Crippen LogP) is 4.22. The molecule has 140 valence electrons. The fourth-order valence-corrected chi connectivity index (χ4v) is 2.91. The van der Waals surface area contributed by atoms with E-state index in [0.717, 1.165) is 23.8 Å². The van der Waals surface area contributed by atoms with Gasteiger partial charge in [0.2, 0.25) is 0 Å². The Morgan fingerprint density at radius 3 is 2.71 bits per heavy atom. The summed E-state index contributed by atoms with van der Waals surface area (Å²) in [7, 11) is 1.52. The fourth-order valence-electron chi connectivity index (χ4n) is 2.77. The van der Waals surface area contributed by atoms with Crippen LogP contribution in [0.1, 0.15) is 29.0 Å². The highest BCUT2D eigenvalue weighted by Crippen LogP contribution is 2.29. The Hall–Kier alpha value is -3.28. The van der Waals surface area contributed by atoms with Crippen LogP contribution in [0.3, 0.4) is 0 Å². The third kappa shape index (κ3) is 4.34. The van der Waals surface area contributed by atoms with Crippen LogP contribution in [0.4, 0.5) is 8.78 Å². The number of rotatable bonds is 3. The Bertz CT molecular complexity index is 1180. The Balaban J connectivity index is 2.00. The van der Waals surface area contributed by atoms with Crippen molar-refractivity contribution in [2.75, 3.05) is 0 Å². The zero-order valence-electron chi connectivity index (χ0n) is 14.9. The topological polar surface area (TPSA) is 37.8 Å². The van der Waals surface area contributed by atoms with Gasteiger partial charge < -0.3 is 9.55 Å². The smallest absolute Gasteiger partial charge is 0.255 e. The molecule has 0 aliphatic heterocycles. The van der Waals surface area contributed by atoms with Gasteiger partial charge in [0, 0.05) is 42.9 Å². The monoisotopic (exact) mass is 396 g/mol. The first kappa shape index (κ1) is 19.5. The Kier molecular flexibility index (Phi) is 5.99. The van der Waals surface area contributed by atoms with Crippen molar-refractivity contribution in [2.24, 2.45) is 7.05 Å². The number of halogens is 3. The first-order valence-corrected chi connectivity index (χ1v) is 8.77. The molecule has 2 aromatic heterocycles. The predicted molar refractivity (Wildman–Crippen MR) is 105 cm³/mol. The van der Waals surface area contributed by atoms with E-state index in [2.05, 4.69) is 28.7 Å². The van der Waals surface area contributed by atoms with E-state index >= 15 is 0 Å². The van der Waals surface area contributed by atoms with Crippen LogP contribution in [0.2, 0.25) is 5.15 Å². The molecular weight excluding hydrogens is 382 g/mol. The molecule has 0 aliphatic rings. The summed E-state index contributed by atoms with van der Waals surface area (Å²) in [6.07, 6.45) is 3.58. The lowest BCUT2D eigenvalue weighted by atomic mass is 9.89. The van der Waals surface area contributed by atoms with Gasteiger partial charge in [-0.15, -0.1) is 0 Å². The lowest BCUT2D eigenvalue weighted by Crippen LogP contribution is -2.24. The van der Waals surface area contributed by atoms with Crippen molar-refractivity contribution in [2.45, 2.75) is 12.3 Å². The Morgan fingerprint density at radius 2 is 1.96 bits per heavy atom. The molecule has 0 saturated heterocycles. The number of hydrogen-bond acceptors (Lipinski definition) is 1. The van der Waals surface area contributed by atoms with E-state index in [1.165, 1.54) is 17.7 Å². The van der Waals surface area contributed by atoms with Gasteiger partial charge in [-0.05, 0) is 53.8 Å². The number of benzene rings is 1. The molecule has 0 aliphatic carbocycles. The maximum Gasteiger partial charge on any atom is 0.255 e. The molecule has 0 saturated carbocycles. The van der Waals surface area contributed by atoms with E-state index in [4.69, 9.17) is 11.6 Å². The van der Waals surface area contributed by atoms with Gasteiger partial charge >= 0.3 is 0 Å². The molecule has 6 heteroatoms. The van der Waals surface area contributed by atoms with Crippen molar-refractivity contribution in [3.63, 3.8) is 0 Å². The average molecular weight is 397 g/mol. The minimum Gasteiger partial charge on any atom is -0.367 e. The number of hydrogen-bond donors (Lipinski definition) is 1. The summed E-state index contributed by atoms with van der Waals surface area (Å²) in [6, 6.07) is 8.02. The summed E-state index contributed by atoms with van der Waals surface area (Å²) < 4.78 is 29.4. The molecule has 28 heavy (non-hydrogen) atoms. The molecule has 0 amide bonds. The molecule has 0 fully saturated rings. The summed E-state index contributed by atoms with van der Waals surface area (Å²) in [5.74, 6) is 9.15. The van der Waals surface area contributed by atoms with Crippen LogP contribution in [0, 0.1) is 35.3 Å². The molecule has 1 atom stereocenters. The number of aromatic amines is 1. The largest absolute Gasteiger partial charge is 0.367 e. The molecule has 3 rings (SSSR count). The highest BCUT2D eigenvalue weighted by atomic mass is 35.5. The van der Waals surface area contributed by atoms with Crippen LogP contribution in [0.25, 0.3) is 0 Å². The SMILES string of the molecule is Cn1c(Cl)ccc(C(CC#CC#Cc2cc[nH]c2)c2cc(F)ccc2F)c1=O. The van der Waals surface area contributed by atoms with Crippen molar-refractivity contribution in [3.05, 3.63) is 92.6 Å². The van der Waals surface area contributed by atoms with Gasteiger partial charge in [0.15, 0.2) is 0 Å². The number of pyridine rings is 1. The number of aromatic nitrogens is 2. The molecule has 3 aromatic rings. The van der Waals surface area contributed by atoms with Crippen molar-refractivity contribution in [3.8, 4) is 23.7 Å². The van der Waals surface area contributed by atoms with Crippen molar-refractivity contribution >= 4 is 11.6 Å². The molecule has 3 nitrogen and oxygen atoms in total. The molecule has 1 aromatic carbocycles. The number of nitrogens with one attached hydrogen (secondary N) is 1. The molecule has 0 bridgehead atoms. The average Bonchev–Trinajstić information content (AvgIpc) is 3.19. The quantitative estimate of drug-likeness (QED) is 0.522. The summed E-state index contributed by atoms with van der Waals surface area (Å²) in [4.78, 5) is 15.5. The summed E-state index contributed by atoms with van der Waals surface area (Å²) in [5.41, 5.74) is 0.742. The third-order valence-electron chi connectivity index (χ3n) is 4.24. The molecule has 2 heterocycles. The zero-order chi connectivity index (χ0) is 20.1.